The summed E-state index contributed by atoms with van der Waals surface area (Å²) in [5.41, 5.74) is 3.24. The minimum absolute atomic E-state index is 0.168. The molecule has 2 fully saturated rings. The van der Waals surface area contributed by atoms with Crippen LogP contribution in [-0.2, 0) is 9.47 Å². The summed E-state index contributed by atoms with van der Waals surface area (Å²) in [6.07, 6.45) is 2.31. The number of rotatable bonds is 3. The second-order valence-electron chi connectivity index (χ2n) is 8.49. The van der Waals surface area contributed by atoms with Gasteiger partial charge in [-0.25, -0.2) is 0 Å². The fourth-order valence-electron chi connectivity index (χ4n) is 4.63. The SMILES string of the molecule is Cc1c(-c2ccccc2)ncc2c(N3CCOC(C)C3)nnc(N3CCOC(C)C3)c12. The Bertz CT molecular complexity index is 1070. The highest BCUT2D eigenvalue weighted by Crippen LogP contribution is 2.37. The van der Waals surface area contributed by atoms with Crippen LogP contribution in [0.15, 0.2) is 36.5 Å². The maximum absolute atomic E-state index is 5.77. The molecule has 0 bridgehead atoms. The minimum Gasteiger partial charge on any atom is -0.375 e. The monoisotopic (exact) mass is 419 g/mol. The lowest BCUT2D eigenvalue weighted by Crippen LogP contribution is -2.43. The van der Waals surface area contributed by atoms with Gasteiger partial charge >= 0.3 is 0 Å². The average molecular weight is 420 g/mol. The van der Waals surface area contributed by atoms with Crippen LogP contribution in [0.3, 0.4) is 0 Å². The highest BCUT2D eigenvalue weighted by atomic mass is 16.5. The van der Waals surface area contributed by atoms with Crippen LogP contribution < -0.4 is 9.80 Å². The number of benzene rings is 1. The second-order valence-corrected chi connectivity index (χ2v) is 8.49. The third kappa shape index (κ3) is 3.83. The largest absolute Gasteiger partial charge is 0.375 e. The van der Waals surface area contributed by atoms with E-state index in [0.29, 0.717) is 13.2 Å². The molecule has 0 aliphatic carbocycles. The van der Waals surface area contributed by atoms with Gasteiger partial charge < -0.3 is 19.3 Å². The van der Waals surface area contributed by atoms with E-state index in [0.717, 1.165) is 65.4 Å². The number of nitrogens with zero attached hydrogens (tertiary/aromatic N) is 5. The Morgan fingerprint density at radius 3 is 2.13 bits per heavy atom. The van der Waals surface area contributed by atoms with Crippen LogP contribution in [-0.4, -0.2) is 66.8 Å². The Morgan fingerprint density at radius 2 is 1.48 bits per heavy atom. The molecule has 2 atom stereocenters. The van der Waals surface area contributed by atoms with Gasteiger partial charge in [0.2, 0.25) is 0 Å². The van der Waals surface area contributed by atoms with Gasteiger partial charge in [-0.2, -0.15) is 0 Å². The van der Waals surface area contributed by atoms with E-state index in [4.69, 9.17) is 24.7 Å². The van der Waals surface area contributed by atoms with Crippen molar-refractivity contribution in [1.29, 1.82) is 0 Å². The molecule has 2 aliphatic heterocycles. The Labute approximate surface area is 183 Å². The smallest absolute Gasteiger partial charge is 0.161 e. The molecule has 1 aromatic carbocycles. The molecule has 0 saturated carbocycles. The molecule has 2 unspecified atom stereocenters. The Balaban J connectivity index is 1.69. The molecule has 2 aromatic heterocycles. The number of fused-ring (bicyclic) bond motifs is 1. The van der Waals surface area contributed by atoms with Crippen molar-refractivity contribution in [2.24, 2.45) is 0 Å². The van der Waals surface area contributed by atoms with Crippen molar-refractivity contribution in [2.75, 3.05) is 49.2 Å². The van der Waals surface area contributed by atoms with Crippen molar-refractivity contribution < 1.29 is 9.47 Å². The topological polar surface area (TPSA) is 63.6 Å². The molecule has 0 amide bonds. The molecule has 31 heavy (non-hydrogen) atoms. The first-order chi connectivity index (χ1) is 15.1. The van der Waals surface area contributed by atoms with E-state index >= 15 is 0 Å². The highest BCUT2D eigenvalue weighted by molar-refractivity contribution is 6.02. The van der Waals surface area contributed by atoms with Crippen molar-refractivity contribution in [1.82, 2.24) is 15.2 Å². The number of aryl methyl sites for hydroxylation is 1. The van der Waals surface area contributed by atoms with Crippen molar-refractivity contribution >= 4 is 22.4 Å². The molecule has 2 aliphatic rings. The van der Waals surface area contributed by atoms with Gasteiger partial charge in [-0.15, -0.1) is 10.2 Å². The summed E-state index contributed by atoms with van der Waals surface area (Å²) in [5.74, 6) is 1.82. The molecule has 4 heterocycles. The number of pyridine rings is 1. The van der Waals surface area contributed by atoms with Crippen LogP contribution >= 0.6 is 0 Å². The van der Waals surface area contributed by atoms with Crippen molar-refractivity contribution in [3.63, 3.8) is 0 Å². The Morgan fingerprint density at radius 1 is 0.871 bits per heavy atom. The van der Waals surface area contributed by atoms with Gasteiger partial charge in [0.05, 0.1) is 31.1 Å². The number of hydrogen-bond donors (Lipinski definition) is 0. The molecule has 0 spiro atoms. The predicted octanol–water partition coefficient (Wildman–Crippen LogP) is 3.45. The van der Waals surface area contributed by atoms with Crippen molar-refractivity contribution in [2.45, 2.75) is 33.0 Å². The number of hydrogen-bond acceptors (Lipinski definition) is 7. The minimum atomic E-state index is 0.168. The number of aromatic nitrogens is 3. The third-order valence-corrected chi connectivity index (χ3v) is 6.15. The van der Waals surface area contributed by atoms with Gasteiger partial charge in [-0.05, 0) is 26.3 Å². The molecule has 7 nitrogen and oxygen atoms in total. The van der Waals surface area contributed by atoms with Crippen LogP contribution in [0.1, 0.15) is 19.4 Å². The maximum Gasteiger partial charge on any atom is 0.161 e. The van der Waals surface area contributed by atoms with Gasteiger partial charge in [0.1, 0.15) is 0 Å². The van der Waals surface area contributed by atoms with Gasteiger partial charge in [-0.3, -0.25) is 4.98 Å². The number of morpholine rings is 2. The average Bonchev–Trinajstić information content (AvgIpc) is 2.79. The van der Waals surface area contributed by atoms with Crippen LogP contribution in [0.2, 0.25) is 0 Å². The van der Waals surface area contributed by atoms with Crippen LogP contribution in [0.25, 0.3) is 22.0 Å². The summed E-state index contributed by atoms with van der Waals surface area (Å²) in [5, 5.41) is 11.7. The molecule has 0 N–H and O–H groups in total. The van der Waals surface area contributed by atoms with Crippen LogP contribution in [0, 0.1) is 6.92 Å². The summed E-state index contributed by atoms with van der Waals surface area (Å²) in [6, 6.07) is 10.4. The molecular weight excluding hydrogens is 390 g/mol. The lowest BCUT2D eigenvalue weighted by Gasteiger charge is -2.35. The maximum atomic E-state index is 5.77. The van der Waals surface area contributed by atoms with Gasteiger partial charge in [0.25, 0.3) is 0 Å². The standard InChI is InChI=1S/C24H29N5O2/c1-16-14-28(9-11-30-16)23-20-13-25-22(19-7-5-4-6-8-19)18(3)21(20)24(27-26-23)29-10-12-31-17(2)15-29/h4-8,13,16-17H,9-12,14-15H2,1-3H3. The molecule has 2 saturated heterocycles. The predicted molar refractivity (Wildman–Crippen MR) is 123 cm³/mol. The van der Waals surface area contributed by atoms with E-state index < -0.39 is 0 Å². The summed E-state index contributed by atoms with van der Waals surface area (Å²) in [7, 11) is 0. The zero-order chi connectivity index (χ0) is 21.4. The molecule has 5 rings (SSSR count). The normalized spacial score (nSPS) is 22.2. The number of ether oxygens (including phenoxy) is 2. The highest BCUT2D eigenvalue weighted by Gasteiger charge is 2.27. The molecule has 3 aromatic rings. The lowest BCUT2D eigenvalue weighted by molar-refractivity contribution is 0.0524. The summed E-state index contributed by atoms with van der Waals surface area (Å²) >= 11 is 0. The van der Waals surface area contributed by atoms with E-state index in [1.54, 1.807) is 0 Å². The first kappa shape index (κ1) is 20.2. The summed E-state index contributed by atoms with van der Waals surface area (Å²) in [6.45, 7) is 11.0. The summed E-state index contributed by atoms with van der Waals surface area (Å²) < 4.78 is 11.5. The second kappa shape index (κ2) is 8.40. The first-order valence-electron chi connectivity index (χ1n) is 11.1. The molecule has 162 valence electrons. The van der Waals surface area contributed by atoms with Crippen LogP contribution in [0.5, 0.6) is 0 Å². The fraction of sp³-hybridized carbons (Fsp3) is 0.458. The molecular formula is C24H29N5O2. The van der Waals surface area contributed by atoms with E-state index in [-0.39, 0.29) is 12.2 Å². The van der Waals surface area contributed by atoms with E-state index in [1.807, 2.05) is 12.3 Å². The van der Waals surface area contributed by atoms with Gasteiger partial charge in [-0.1, -0.05) is 30.3 Å². The van der Waals surface area contributed by atoms with Crippen molar-refractivity contribution in [3.8, 4) is 11.3 Å². The van der Waals surface area contributed by atoms with Crippen molar-refractivity contribution in [3.05, 3.63) is 42.1 Å². The quantitative estimate of drug-likeness (QED) is 0.644. The zero-order valence-electron chi connectivity index (χ0n) is 18.4. The van der Waals surface area contributed by atoms with E-state index in [9.17, 15) is 0 Å². The Hall–Kier alpha value is -2.77. The Kier molecular flexibility index (Phi) is 5.46. The lowest BCUT2D eigenvalue weighted by atomic mass is 10.0. The number of anilines is 2. The zero-order valence-corrected chi connectivity index (χ0v) is 18.4. The van der Waals surface area contributed by atoms with Gasteiger partial charge in [0.15, 0.2) is 11.6 Å². The van der Waals surface area contributed by atoms with E-state index in [2.05, 4.69) is 54.8 Å². The fourth-order valence-corrected chi connectivity index (χ4v) is 4.63. The molecule has 7 heteroatoms. The third-order valence-electron chi connectivity index (χ3n) is 6.15. The van der Waals surface area contributed by atoms with E-state index in [1.165, 1.54) is 0 Å². The van der Waals surface area contributed by atoms with Crippen LogP contribution in [0.4, 0.5) is 11.6 Å². The first-order valence-corrected chi connectivity index (χ1v) is 11.1. The van der Waals surface area contributed by atoms with Gasteiger partial charge in [0, 0.05) is 48.7 Å². The summed E-state index contributed by atoms with van der Waals surface area (Å²) in [4.78, 5) is 9.46. The molecule has 0 radical (unpaired) electrons.